The second-order valence-corrected chi connectivity index (χ2v) is 2.86. The number of nitrogens with one attached hydrogen (secondary N) is 1. The van der Waals surface area contributed by atoms with Gasteiger partial charge in [0.25, 0.3) is 0 Å². The van der Waals surface area contributed by atoms with Crippen LogP contribution in [0.4, 0.5) is 5.95 Å². The van der Waals surface area contributed by atoms with Crippen LogP contribution >= 0.6 is 0 Å². The molecule has 0 radical (unpaired) electrons. The van der Waals surface area contributed by atoms with Crippen LogP contribution in [0.2, 0.25) is 0 Å². The van der Waals surface area contributed by atoms with E-state index in [-0.39, 0.29) is 11.9 Å². The first-order chi connectivity index (χ1) is 6.74. The topological polar surface area (TPSA) is 98.7 Å². The zero-order valence-electron chi connectivity index (χ0n) is 8.10. The first-order valence-corrected chi connectivity index (χ1v) is 4.52. The Balaban J connectivity index is 2.27. The lowest BCUT2D eigenvalue weighted by molar-refractivity contribution is -0.121. The molecule has 0 saturated heterocycles. The first kappa shape index (κ1) is 10.4. The third-order valence-electron chi connectivity index (χ3n) is 1.68. The van der Waals surface area contributed by atoms with Gasteiger partial charge in [-0.05, 0) is 16.8 Å². The van der Waals surface area contributed by atoms with Gasteiger partial charge in [0.05, 0.1) is 6.54 Å². The molecule has 0 fully saturated rings. The molecule has 0 spiro atoms. The average molecular weight is 198 g/mol. The lowest BCUT2D eigenvalue weighted by atomic mass is 10.4. The van der Waals surface area contributed by atoms with Crippen molar-refractivity contribution in [2.75, 3.05) is 12.3 Å². The lowest BCUT2D eigenvalue weighted by Crippen LogP contribution is -2.25. The summed E-state index contributed by atoms with van der Waals surface area (Å²) in [6.07, 6.45) is 1.27. The summed E-state index contributed by atoms with van der Waals surface area (Å²) >= 11 is 0. The second kappa shape index (κ2) is 5.15. The van der Waals surface area contributed by atoms with Gasteiger partial charge in [0, 0.05) is 13.0 Å². The number of nitrogen functional groups attached to an aromatic ring is 1. The van der Waals surface area contributed by atoms with Crippen molar-refractivity contribution in [3.63, 3.8) is 0 Å². The van der Waals surface area contributed by atoms with E-state index in [9.17, 15) is 4.79 Å². The summed E-state index contributed by atoms with van der Waals surface area (Å²) in [5, 5.41) is 13.2. The first-order valence-electron chi connectivity index (χ1n) is 4.52. The Hall–Kier alpha value is -1.66. The number of carbonyl (C=O) groups is 1. The van der Waals surface area contributed by atoms with E-state index < -0.39 is 0 Å². The molecule has 1 amide bonds. The Labute approximate surface area is 81.7 Å². The van der Waals surface area contributed by atoms with Crippen LogP contribution in [-0.2, 0) is 11.3 Å². The molecule has 7 nitrogen and oxygen atoms in total. The Morgan fingerprint density at radius 1 is 1.64 bits per heavy atom. The number of tetrazole rings is 1. The molecule has 0 atom stereocenters. The summed E-state index contributed by atoms with van der Waals surface area (Å²) in [4.78, 5) is 11.2. The molecule has 0 unspecified atom stereocenters. The van der Waals surface area contributed by atoms with Crippen LogP contribution in [0.25, 0.3) is 0 Å². The molecular formula is C7H14N6O. The quantitative estimate of drug-likeness (QED) is 0.643. The van der Waals surface area contributed by atoms with Crippen LogP contribution in [0.5, 0.6) is 0 Å². The van der Waals surface area contributed by atoms with Gasteiger partial charge in [0.15, 0.2) is 0 Å². The van der Waals surface area contributed by atoms with E-state index in [0.717, 1.165) is 6.42 Å². The highest BCUT2D eigenvalue weighted by Gasteiger charge is 2.04. The van der Waals surface area contributed by atoms with Crippen molar-refractivity contribution in [2.45, 2.75) is 26.3 Å². The number of anilines is 1. The highest BCUT2D eigenvalue weighted by Crippen LogP contribution is 1.94. The zero-order chi connectivity index (χ0) is 10.4. The summed E-state index contributed by atoms with van der Waals surface area (Å²) < 4.78 is 1.39. The van der Waals surface area contributed by atoms with Crippen molar-refractivity contribution in [2.24, 2.45) is 0 Å². The predicted molar refractivity (Wildman–Crippen MR) is 50.1 cm³/mol. The molecule has 0 aromatic carbocycles. The molecule has 14 heavy (non-hydrogen) atoms. The van der Waals surface area contributed by atoms with Crippen molar-refractivity contribution < 1.29 is 4.79 Å². The highest BCUT2D eigenvalue weighted by atomic mass is 16.1. The fourth-order valence-corrected chi connectivity index (χ4v) is 0.931. The van der Waals surface area contributed by atoms with Crippen LogP contribution in [0.1, 0.15) is 19.8 Å². The standard InChI is InChI=1S/C7H14N6O/c1-2-4-9-6(14)3-5-13-7(8)10-11-12-13/h2-5H2,1H3,(H,9,14)(H2,8,10,12). The van der Waals surface area contributed by atoms with Gasteiger partial charge in [0.2, 0.25) is 11.9 Å². The van der Waals surface area contributed by atoms with Crippen molar-refractivity contribution in [3.05, 3.63) is 0 Å². The van der Waals surface area contributed by atoms with Gasteiger partial charge in [0.1, 0.15) is 0 Å². The smallest absolute Gasteiger partial charge is 0.240 e. The fourth-order valence-electron chi connectivity index (χ4n) is 0.931. The number of rotatable bonds is 5. The Kier molecular flexibility index (Phi) is 3.84. The monoisotopic (exact) mass is 198 g/mol. The second-order valence-electron chi connectivity index (χ2n) is 2.86. The third kappa shape index (κ3) is 3.00. The molecule has 1 aromatic rings. The molecule has 0 bridgehead atoms. The van der Waals surface area contributed by atoms with E-state index in [1.165, 1.54) is 4.68 Å². The number of carbonyl (C=O) groups excluding carboxylic acids is 1. The molecule has 1 rings (SSSR count). The minimum absolute atomic E-state index is 0.0123. The summed E-state index contributed by atoms with van der Waals surface area (Å²) in [5.41, 5.74) is 5.42. The maximum atomic E-state index is 11.2. The van der Waals surface area contributed by atoms with Crippen LogP contribution in [0, 0.1) is 0 Å². The lowest BCUT2D eigenvalue weighted by Gasteiger charge is -2.03. The van der Waals surface area contributed by atoms with Crippen LogP contribution in [-0.4, -0.2) is 32.7 Å². The normalized spacial score (nSPS) is 10.1. The van der Waals surface area contributed by atoms with E-state index in [0.29, 0.717) is 19.5 Å². The number of aromatic nitrogens is 4. The molecular weight excluding hydrogens is 184 g/mol. The van der Waals surface area contributed by atoms with Crippen molar-refractivity contribution >= 4 is 11.9 Å². The number of hydrogen-bond acceptors (Lipinski definition) is 5. The number of hydrogen-bond donors (Lipinski definition) is 2. The Morgan fingerprint density at radius 3 is 3.00 bits per heavy atom. The molecule has 1 aromatic heterocycles. The van der Waals surface area contributed by atoms with Gasteiger partial charge in [-0.3, -0.25) is 4.79 Å². The van der Waals surface area contributed by atoms with Gasteiger partial charge in [-0.15, -0.1) is 0 Å². The van der Waals surface area contributed by atoms with Crippen molar-refractivity contribution in [3.8, 4) is 0 Å². The Bertz CT molecular complexity index is 296. The van der Waals surface area contributed by atoms with E-state index in [1.54, 1.807) is 0 Å². The molecule has 0 aliphatic rings. The Morgan fingerprint density at radius 2 is 2.43 bits per heavy atom. The van der Waals surface area contributed by atoms with E-state index in [4.69, 9.17) is 5.73 Å². The molecule has 0 aliphatic heterocycles. The zero-order valence-corrected chi connectivity index (χ0v) is 8.10. The van der Waals surface area contributed by atoms with Crippen molar-refractivity contribution in [1.82, 2.24) is 25.5 Å². The molecule has 0 saturated carbocycles. The average Bonchev–Trinajstić information content (AvgIpc) is 2.58. The van der Waals surface area contributed by atoms with Gasteiger partial charge in [-0.1, -0.05) is 12.0 Å². The summed E-state index contributed by atoms with van der Waals surface area (Å²) in [5.74, 6) is 0.218. The van der Waals surface area contributed by atoms with Crippen LogP contribution in [0.15, 0.2) is 0 Å². The SMILES string of the molecule is CCCNC(=O)CCn1nnnc1N. The molecule has 78 valence electrons. The van der Waals surface area contributed by atoms with Gasteiger partial charge < -0.3 is 11.1 Å². The van der Waals surface area contributed by atoms with Crippen LogP contribution < -0.4 is 11.1 Å². The van der Waals surface area contributed by atoms with Gasteiger partial charge in [-0.25, -0.2) is 4.68 Å². The molecule has 1 heterocycles. The fraction of sp³-hybridized carbons (Fsp3) is 0.714. The summed E-state index contributed by atoms with van der Waals surface area (Å²) in [6, 6.07) is 0. The minimum Gasteiger partial charge on any atom is -0.367 e. The van der Waals surface area contributed by atoms with E-state index >= 15 is 0 Å². The predicted octanol–water partition coefficient (Wildman–Crippen LogP) is -0.828. The minimum atomic E-state index is -0.0123. The van der Waals surface area contributed by atoms with Crippen molar-refractivity contribution in [1.29, 1.82) is 0 Å². The number of aryl methyl sites for hydroxylation is 1. The molecule has 7 heteroatoms. The number of nitrogens with zero attached hydrogens (tertiary/aromatic N) is 4. The van der Waals surface area contributed by atoms with E-state index in [2.05, 4.69) is 20.8 Å². The maximum absolute atomic E-state index is 11.2. The number of nitrogens with two attached hydrogens (primary N) is 1. The maximum Gasteiger partial charge on any atom is 0.240 e. The summed E-state index contributed by atoms with van der Waals surface area (Å²) in [7, 11) is 0. The largest absolute Gasteiger partial charge is 0.367 e. The van der Waals surface area contributed by atoms with Gasteiger partial charge >= 0.3 is 0 Å². The van der Waals surface area contributed by atoms with Crippen LogP contribution in [0.3, 0.4) is 0 Å². The van der Waals surface area contributed by atoms with E-state index in [1.807, 2.05) is 6.92 Å². The highest BCUT2D eigenvalue weighted by molar-refractivity contribution is 5.75. The summed E-state index contributed by atoms with van der Waals surface area (Å²) in [6.45, 7) is 3.11. The third-order valence-corrected chi connectivity index (χ3v) is 1.68. The molecule has 3 N–H and O–H groups in total. The number of amides is 1. The van der Waals surface area contributed by atoms with Gasteiger partial charge in [-0.2, -0.15) is 0 Å². The molecule has 0 aliphatic carbocycles.